The summed E-state index contributed by atoms with van der Waals surface area (Å²) >= 11 is 4.43. The summed E-state index contributed by atoms with van der Waals surface area (Å²) in [5, 5.41) is -0.187. The van der Waals surface area contributed by atoms with E-state index in [-0.39, 0.29) is 11.1 Å². The molecule has 1 saturated heterocycles. The average molecular weight is 397 g/mol. The highest BCUT2D eigenvalue weighted by atomic mass is 79.9. The smallest absolute Gasteiger partial charge is 0.286 e. The minimum Gasteiger partial charge on any atom is -0.286 e. The van der Waals surface area contributed by atoms with Gasteiger partial charge in [0, 0.05) is 4.47 Å². The fraction of sp³-hybridized carbons (Fsp3) is 0.412. The summed E-state index contributed by atoms with van der Waals surface area (Å²) in [5.41, 5.74) is 0.906. The summed E-state index contributed by atoms with van der Waals surface area (Å²) < 4.78 is 0.947. The lowest BCUT2D eigenvalue weighted by Crippen LogP contribution is -2.41. The fourth-order valence-electron chi connectivity index (χ4n) is 2.46. The zero-order valence-corrected chi connectivity index (χ0v) is 15.8. The maximum Gasteiger partial charge on any atom is 0.294 e. The van der Waals surface area contributed by atoms with Gasteiger partial charge in [0.15, 0.2) is 0 Å². The van der Waals surface area contributed by atoms with Crippen LogP contribution in [0.3, 0.4) is 0 Å². The number of benzene rings is 1. The summed E-state index contributed by atoms with van der Waals surface area (Å²) in [6, 6.07) is 7.68. The van der Waals surface area contributed by atoms with Gasteiger partial charge >= 0.3 is 0 Å². The van der Waals surface area contributed by atoms with Crippen LogP contribution in [0.2, 0.25) is 0 Å². The Balaban J connectivity index is 2.13. The Bertz CT molecular complexity index is 612. The van der Waals surface area contributed by atoms with Crippen molar-refractivity contribution in [1.29, 1.82) is 0 Å². The summed E-state index contributed by atoms with van der Waals surface area (Å²) in [5.74, 6) is -0.197. The molecular formula is C17H21BrN2O2S. The van der Waals surface area contributed by atoms with E-state index >= 15 is 0 Å². The van der Waals surface area contributed by atoms with Gasteiger partial charge in [-0.05, 0) is 61.5 Å². The molecule has 2 amide bonds. The molecule has 124 valence electrons. The van der Waals surface area contributed by atoms with Gasteiger partial charge in [0.1, 0.15) is 0 Å². The van der Waals surface area contributed by atoms with Crippen LogP contribution in [0.15, 0.2) is 33.6 Å². The molecule has 0 aliphatic carbocycles. The van der Waals surface area contributed by atoms with Crippen LogP contribution >= 0.6 is 27.7 Å². The van der Waals surface area contributed by atoms with Gasteiger partial charge in [-0.15, -0.1) is 0 Å². The van der Waals surface area contributed by atoms with E-state index in [1.54, 1.807) is 6.08 Å². The minimum atomic E-state index is -0.197. The molecule has 0 atom stereocenters. The van der Waals surface area contributed by atoms with Crippen LogP contribution in [0.4, 0.5) is 4.79 Å². The van der Waals surface area contributed by atoms with E-state index in [0.717, 1.165) is 47.7 Å². The molecule has 0 unspecified atom stereocenters. The molecule has 0 bridgehead atoms. The van der Waals surface area contributed by atoms with Crippen molar-refractivity contribution in [1.82, 2.24) is 9.80 Å². The predicted molar refractivity (Wildman–Crippen MR) is 99.0 cm³/mol. The van der Waals surface area contributed by atoms with Crippen molar-refractivity contribution in [2.75, 3.05) is 19.8 Å². The molecule has 1 fully saturated rings. The highest BCUT2D eigenvalue weighted by Crippen LogP contribution is 2.32. The first-order chi connectivity index (χ1) is 11.0. The number of amides is 2. The van der Waals surface area contributed by atoms with Crippen LogP contribution in [-0.4, -0.2) is 40.7 Å². The Kier molecular flexibility index (Phi) is 6.87. The highest BCUT2D eigenvalue weighted by Gasteiger charge is 2.35. The molecule has 1 aromatic rings. The van der Waals surface area contributed by atoms with Crippen molar-refractivity contribution < 1.29 is 9.59 Å². The molecule has 0 saturated carbocycles. The lowest BCUT2D eigenvalue weighted by molar-refractivity contribution is -0.124. The molecule has 2 rings (SSSR count). The number of halogens is 1. The molecule has 23 heavy (non-hydrogen) atoms. The van der Waals surface area contributed by atoms with Gasteiger partial charge in [0.05, 0.1) is 11.6 Å². The topological polar surface area (TPSA) is 40.6 Å². The molecular weight excluding hydrogens is 376 g/mol. The molecule has 0 aromatic heterocycles. The zero-order valence-electron chi connectivity index (χ0n) is 13.4. The van der Waals surface area contributed by atoms with Crippen LogP contribution in [0.25, 0.3) is 6.08 Å². The zero-order chi connectivity index (χ0) is 16.8. The maximum atomic E-state index is 12.5. The Morgan fingerprint density at radius 2 is 1.91 bits per heavy atom. The summed E-state index contributed by atoms with van der Waals surface area (Å²) in [7, 11) is 0. The minimum absolute atomic E-state index is 0.187. The third-order valence-corrected chi connectivity index (χ3v) is 4.84. The Labute approximate surface area is 150 Å². The molecule has 0 spiro atoms. The third-order valence-electron chi connectivity index (χ3n) is 3.44. The van der Waals surface area contributed by atoms with E-state index in [9.17, 15) is 9.59 Å². The standard InChI is InChI=1S/C17H21BrN2O2S/c1-3-8-19(9-4-2)12-20-16(21)15(23-17(20)22)11-13-6-5-7-14(18)10-13/h5-7,10-11H,3-4,8-9,12H2,1-2H3/b15-11-. The van der Waals surface area contributed by atoms with E-state index in [1.807, 2.05) is 24.3 Å². The predicted octanol–water partition coefficient (Wildman–Crippen LogP) is 4.56. The number of hydrogen-bond acceptors (Lipinski definition) is 4. The quantitative estimate of drug-likeness (QED) is 0.633. The Morgan fingerprint density at radius 1 is 1.22 bits per heavy atom. The number of carbonyl (C=O) groups excluding carboxylic acids is 2. The largest absolute Gasteiger partial charge is 0.294 e. The average Bonchev–Trinajstić information content (AvgIpc) is 2.75. The molecule has 4 nitrogen and oxygen atoms in total. The monoisotopic (exact) mass is 396 g/mol. The van der Waals surface area contributed by atoms with E-state index in [4.69, 9.17) is 0 Å². The molecule has 1 aromatic carbocycles. The normalized spacial score (nSPS) is 16.9. The van der Waals surface area contributed by atoms with Crippen LogP contribution in [0.5, 0.6) is 0 Å². The van der Waals surface area contributed by atoms with Crippen LogP contribution < -0.4 is 0 Å². The van der Waals surface area contributed by atoms with Gasteiger partial charge in [0.25, 0.3) is 11.1 Å². The third kappa shape index (κ3) is 4.93. The Hall–Kier alpha value is -1.11. The van der Waals surface area contributed by atoms with Gasteiger partial charge in [-0.2, -0.15) is 0 Å². The van der Waals surface area contributed by atoms with Crippen molar-refractivity contribution in [2.45, 2.75) is 26.7 Å². The number of rotatable bonds is 7. The van der Waals surface area contributed by atoms with Crippen LogP contribution in [0, 0.1) is 0 Å². The maximum absolute atomic E-state index is 12.5. The summed E-state index contributed by atoms with van der Waals surface area (Å²) in [6.07, 6.45) is 3.79. The van der Waals surface area contributed by atoms with Crippen molar-refractivity contribution in [3.8, 4) is 0 Å². The fourth-order valence-corrected chi connectivity index (χ4v) is 3.70. The van der Waals surface area contributed by atoms with Gasteiger partial charge in [-0.1, -0.05) is 41.9 Å². The SMILES string of the molecule is CCCN(CCC)CN1C(=O)S/C(=C\c2cccc(Br)c2)C1=O. The molecule has 0 N–H and O–H groups in total. The van der Waals surface area contributed by atoms with Gasteiger partial charge in [-0.25, -0.2) is 0 Å². The van der Waals surface area contributed by atoms with Crippen LogP contribution in [0.1, 0.15) is 32.3 Å². The van der Waals surface area contributed by atoms with E-state index in [2.05, 4.69) is 34.7 Å². The summed E-state index contributed by atoms with van der Waals surface area (Å²) in [4.78, 5) is 28.7. The second-order valence-corrected chi connectivity index (χ2v) is 7.33. The summed E-state index contributed by atoms with van der Waals surface area (Å²) in [6.45, 7) is 6.36. The second-order valence-electron chi connectivity index (χ2n) is 5.42. The number of carbonyl (C=O) groups is 2. The number of nitrogens with zero attached hydrogens (tertiary/aromatic N) is 2. The first-order valence-electron chi connectivity index (χ1n) is 7.78. The first-order valence-corrected chi connectivity index (χ1v) is 9.39. The van der Waals surface area contributed by atoms with E-state index in [0.29, 0.717) is 11.6 Å². The number of hydrogen-bond donors (Lipinski definition) is 0. The lowest BCUT2D eigenvalue weighted by atomic mass is 10.2. The van der Waals surface area contributed by atoms with Crippen molar-refractivity contribution in [2.24, 2.45) is 0 Å². The van der Waals surface area contributed by atoms with Crippen LogP contribution in [-0.2, 0) is 4.79 Å². The molecule has 1 aliphatic heterocycles. The first kappa shape index (κ1) is 18.2. The van der Waals surface area contributed by atoms with Gasteiger partial charge < -0.3 is 0 Å². The molecule has 1 aliphatic rings. The molecule has 0 radical (unpaired) electrons. The lowest BCUT2D eigenvalue weighted by Gasteiger charge is -2.25. The van der Waals surface area contributed by atoms with Gasteiger partial charge in [-0.3, -0.25) is 19.4 Å². The highest BCUT2D eigenvalue weighted by molar-refractivity contribution is 9.10. The van der Waals surface area contributed by atoms with Gasteiger partial charge in [0.2, 0.25) is 0 Å². The number of imide groups is 1. The second kappa shape index (κ2) is 8.66. The van der Waals surface area contributed by atoms with Crippen molar-refractivity contribution >= 4 is 44.9 Å². The molecule has 6 heteroatoms. The Morgan fingerprint density at radius 3 is 2.52 bits per heavy atom. The van der Waals surface area contributed by atoms with Crippen molar-refractivity contribution in [3.63, 3.8) is 0 Å². The number of thioether (sulfide) groups is 1. The van der Waals surface area contributed by atoms with Crippen molar-refractivity contribution in [3.05, 3.63) is 39.2 Å². The van der Waals surface area contributed by atoms with E-state index in [1.165, 1.54) is 4.90 Å². The molecule has 1 heterocycles. The van der Waals surface area contributed by atoms with E-state index < -0.39 is 0 Å².